The molecule has 0 fully saturated rings. The van der Waals surface area contributed by atoms with Crippen LogP contribution < -0.4 is 0 Å². The fourth-order valence-corrected chi connectivity index (χ4v) is 2.62. The largest absolute Gasteiger partial charge is 0.378 e. The van der Waals surface area contributed by atoms with E-state index < -0.39 is 17.2 Å². The Morgan fingerprint density at radius 3 is 2.68 bits per heavy atom. The molecular formula is C17H13ClF2N4O. The van der Waals surface area contributed by atoms with Gasteiger partial charge in [-0.25, -0.2) is 23.4 Å². The molecule has 0 aliphatic carbocycles. The predicted molar refractivity (Wildman–Crippen MR) is 88.6 cm³/mol. The molecule has 128 valence electrons. The van der Waals surface area contributed by atoms with Gasteiger partial charge >= 0.3 is 0 Å². The number of hydrogen-bond acceptors (Lipinski definition) is 4. The van der Waals surface area contributed by atoms with Crippen LogP contribution >= 0.6 is 11.6 Å². The first-order chi connectivity index (χ1) is 11.9. The van der Waals surface area contributed by atoms with E-state index in [9.17, 15) is 13.9 Å². The molecule has 0 saturated heterocycles. The van der Waals surface area contributed by atoms with Crippen LogP contribution in [0.25, 0.3) is 5.57 Å². The second-order valence-electron chi connectivity index (χ2n) is 5.43. The van der Waals surface area contributed by atoms with Gasteiger partial charge < -0.3 is 5.11 Å². The summed E-state index contributed by atoms with van der Waals surface area (Å²) < 4.78 is 29.0. The van der Waals surface area contributed by atoms with E-state index in [-0.39, 0.29) is 22.8 Å². The van der Waals surface area contributed by atoms with Crippen molar-refractivity contribution in [2.75, 3.05) is 0 Å². The van der Waals surface area contributed by atoms with Crippen LogP contribution in [0.3, 0.4) is 0 Å². The van der Waals surface area contributed by atoms with E-state index in [0.29, 0.717) is 11.6 Å². The number of aliphatic hydroxyl groups is 1. The second-order valence-corrected chi connectivity index (χ2v) is 5.81. The minimum Gasteiger partial charge on any atom is -0.378 e. The molecule has 0 unspecified atom stereocenters. The normalized spacial score (nSPS) is 13.4. The quantitative estimate of drug-likeness (QED) is 0.708. The van der Waals surface area contributed by atoms with Crippen LogP contribution in [0.4, 0.5) is 8.78 Å². The van der Waals surface area contributed by atoms with Gasteiger partial charge in [0.15, 0.2) is 0 Å². The van der Waals surface area contributed by atoms with Crippen LogP contribution in [0.15, 0.2) is 55.8 Å². The smallest absolute Gasteiger partial charge is 0.137 e. The molecule has 0 bridgehead atoms. The second kappa shape index (κ2) is 6.70. The minimum absolute atomic E-state index is 0.135. The van der Waals surface area contributed by atoms with Gasteiger partial charge in [0.05, 0.1) is 6.54 Å². The molecule has 5 nitrogen and oxygen atoms in total. The Morgan fingerprint density at radius 1 is 1.28 bits per heavy atom. The first-order valence-corrected chi connectivity index (χ1v) is 7.59. The molecule has 2 aromatic heterocycles. The van der Waals surface area contributed by atoms with Gasteiger partial charge in [0.25, 0.3) is 0 Å². The van der Waals surface area contributed by atoms with Crippen molar-refractivity contribution in [3.8, 4) is 0 Å². The fraction of sp³-hybridized carbons (Fsp3) is 0.118. The third-order valence-electron chi connectivity index (χ3n) is 3.81. The summed E-state index contributed by atoms with van der Waals surface area (Å²) in [5.74, 6) is -1.64. The van der Waals surface area contributed by atoms with Crippen LogP contribution in [0, 0.1) is 11.6 Å². The SMILES string of the molecule is C=C(c1ccc(Cl)nc1)[C@@](O)(Cn1cncn1)c1ccc(F)cc1F. The van der Waals surface area contributed by atoms with Gasteiger partial charge in [-0.1, -0.05) is 18.2 Å². The Kier molecular flexibility index (Phi) is 4.61. The number of benzene rings is 1. The van der Waals surface area contributed by atoms with Crippen molar-refractivity contribution in [3.63, 3.8) is 0 Å². The predicted octanol–water partition coefficient (Wildman–Crippen LogP) is 3.21. The molecular weight excluding hydrogens is 350 g/mol. The Hall–Kier alpha value is -2.64. The van der Waals surface area contributed by atoms with E-state index >= 15 is 0 Å². The molecule has 8 heteroatoms. The Bertz CT molecular complexity index is 900. The summed E-state index contributed by atoms with van der Waals surface area (Å²) >= 11 is 5.78. The molecule has 0 radical (unpaired) electrons. The van der Waals surface area contributed by atoms with E-state index in [1.165, 1.54) is 35.7 Å². The van der Waals surface area contributed by atoms with Crippen molar-refractivity contribution < 1.29 is 13.9 Å². The maximum Gasteiger partial charge on any atom is 0.137 e. The first-order valence-electron chi connectivity index (χ1n) is 7.22. The Morgan fingerprint density at radius 2 is 2.08 bits per heavy atom. The molecule has 3 aromatic rings. The highest BCUT2D eigenvalue weighted by Gasteiger charge is 2.37. The van der Waals surface area contributed by atoms with Gasteiger partial charge in [-0.2, -0.15) is 5.10 Å². The summed E-state index contributed by atoms with van der Waals surface area (Å²) in [4.78, 5) is 7.75. The third kappa shape index (κ3) is 3.42. The summed E-state index contributed by atoms with van der Waals surface area (Å²) in [5.41, 5.74) is -1.42. The Balaban J connectivity index is 2.10. The molecule has 1 aromatic carbocycles. The molecule has 0 aliphatic heterocycles. The van der Waals surface area contributed by atoms with Crippen molar-refractivity contribution in [3.05, 3.63) is 83.7 Å². The molecule has 25 heavy (non-hydrogen) atoms. The van der Waals surface area contributed by atoms with Crippen molar-refractivity contribution in [1.82, 2.24) is 19.7 Å². The fourth-order valence-electron chi connectivity index (χ4n) is 2.51. The molecule has 1 N–H and O–H groups in total. The zero-order valence-electron chi connectivity index (χ0n) is 12.9. The summed E-state index contributed by atoms with van der Waals surface area (Å²) in [6.45, 7) is 3.72. The molecule has 0 saturated carbocycles. The lowest BCUT2D eigenvalue weighted by atomic mass is 9.83. The first kappa shape index (κ1) is 17.2. The number of rotatable bonds is 5. The van der Waals surface area contributed by atoms with Crippen LogP contribution in [-0.2, 0) is 12.1 Å². The van der Waals surface area contributed by atoms with E-state index in [1.54, 1.807) is 6.07 Å². The van der Waals surface area contributed by atoms with Crippen molar-refractivity contribution >= 4 is 17.2 Å². The third-order valence-corrected chi connectivity index (χ3v) is 4.03. The molecule has 0 spiro atoms. The average molecular weight is 363 g/mol. The molecule has 0 amide bonds. The maximum absolute atomic E-state index is 14.4. The van der Waals surface area contributed by atoms with Gasteiger partial charge in [0.2, 0.25) is 0 Å². The number of pyridine rings is 1. The van der Waals surface area contributed by atoms with Gasteiger partial charge in [-0.15, -0.1) is 0 Å². The number of halogens is 3. The highest BCUT2D eigenvalue weighted by molar-refractivity contribution is 6.29. The summed E-state index contributed by atoms with van der Waals surface area (Å²) in [7, 11) is 0. The maximum atomic E-state index is 14.4. The number of aromatic nitrogens is 4. The monoisotopic (exact) mass is 362 g/mol. The van der Waals surface area contributed by atoms with Crippen LogP contribution in [-0.4, -0.2) is 24.9 Å². The van der Waals surface area contributed by atoms with Crippen molar-refractivity contribution in [2.24, 2.45) is 0 Å². The van der Waals surface area contributed by atoms with Gasteiger partial charge in [0, 0.05) is 17.8 Å². The lowest BCUT2D eigenvalue weighted by Crippen LogP contribution is -2.34. The van der Waals surface area contributed by atoms with E-state index in [4.69, 9.17) is 11.6 Å². The standard InChI is InChI=1S/C17H13ClF2N4O/c1-11(12-2-5-16(18)22-7-12)17(25,8-24-10-21-9-23-24)14-4-3-13(19)6-15(14)20/h2-7,9-10,25H,1,8H2/t17-/m0/s1. The van der Waals surface area contributed by atoms with E-state index in [2.05, 4.69) is 21.6 Å². The van der Waals surface area contributed by atoms with Crippen LogP contribution in [0.1, 0.15) is 11.1 Å². The lowest BCUT2D eigenvalue weighted by Gasteiger charge is -2.31. The van der Waals surface area contributed by atoms with Crippen LogP contribution in [0.5, 0.6) is 0 Å². The van der Waals surface area contributed by atoms with Gasteiger partial charge in [-0.05, 0) is 35.4 Å². The molecule has 2 heterocycles. The number of hydrogen-bond donors (Lipinski definition) is 1. The van der Waals surface area contributed by atoms with Gasteiger partial charge in [-0.3, -0.25) is 0 Å². The average Bonchev–Trinajstić information content (AvgIpc) is 3.07. The zero-order valence-corrected chi connectivity index (χ0v) is 13.7. The molecule has 3 rings (SSSR count). The van der Waals surface area contributed by atoms with E-state index in [1.807, 2.05) is 0 Å². The van der Waals surface area contributed by atoms with Crippen molar-refractivity contribution in [2.45, 2.75) is 12.1 Å². The number of nitrogens with zero attached hydrogens (tertiary/aromatic N) is 4. The van der Waals surface area contributed by atoms with Crippen molar-refractivity contribution in [1.29, 1.82) is 0 Å². The topological polar surface area (TPSA) is 63.8 Å². The van der Waals surface area contributed by atoms with Crippen LogP contribution in [0.2, 0.25) is 5.15 Å². The van der Waals surface area contributed by atoms with E-state index in [0.717, 1.165) is 6.07 Å². The molecule has 1 atom stereocenters. The Labute approximate surface area is 147 Å². The summed E-state index contributed by atoms with van der Waals surface area (Å²) in [6.07, 6.45) is 4.08. The highest BCUT2D eigenvalue weighted by Crippen LogP contribution is 2.38. The minimum atomic E-state index is -1.90. The summed E-state index contributed by atoms with van der Waals surface area (Å²) in [5, 5.41) is 15.5. The lowest BCUT2D eigenvalue weighted by molar-refractivity contribution is 0.0726. The van der Waals surface area contributed by atoms with Gasteiger partial charge in [0.1, 0.15) is 35.0 Å². The summed E-state index contributed by atoms with van der Waals surface area (Å²) in [6, 6.07) is 6.08. The molecule has 0 aliphatic rings. The zero-order chi connectivity index (χ0) is 18.0. The highest BCUT2D eigenvalue weighted by atomic mass is 35.5.